The zero-order valence-electron chi connectivity index (χ0n) is 11.9. The lowest BCUT2D eigenvalue weighted by atomic mass is 10.0. The molecule has 0 aliphatic rings. The van der Waals surface area contributed by atoms with Crippen molar-refractivity contribution in [2.45, 2.75) is 6.18 Å². The van der Waals surface area contributed by atoms with Crippen molar-refractivity contribution in [2.24, 2.45) is 0 Å². The molecule has 0 saturated heterocycles. The molecule has 3 aromatic rings. The fraction of sp³-hybridized carbons (Fsp3) is 0.0667. The highest BCUT2D eigenvalue weighted by atomic mass is 19.4. The van der Waals surface area contributed by atoms with Gasteiger partial charge in [-0.3, -0.25) is 0 Å². The molecule has 0 spiro atoms. The van der Waals surface area contributed by atoms with Crippen LogP contribution in [0.2, 0.25) is 0 Å². The number of anilines is 1. The summed E-state index contributed by atoms with van der Waals surface area (Å²) in [5, 5.41) is 13.1. The molecule has 0 amide bonds. The van der Waals surface area contributed by atoms with Gasteiger partial charge in [-0.15, -0.1) is 0 Å². The Kier molecular flexibility index (Phi) is 3.65. The lowest BCUT2D eigenvalue weighted by Crippen LogP contribution is -2.12. The Balaban J connectivity index is 2.23. The summed E-state index contributed by atoms with van der Waals surface area (Å²) in [6.45, 7) is 0. The van der Waals surface area contributed by atoms with Crippen molar-refractivity contribution >= 4 is 5.95 Å². The third-order valence-corrected chi connectivity index (χ3v) is 3.17. The summed E-state index contributed by atoms with van der Waals surface area (Å²) in [7, 11) is 0. The first kappa shape index (κ1) is 15.5. The molecule has 0 aliphatic carbocycles. The van der Waals surface area contributed by atoms with Crippen molar-refractivity contribution in [2.75, 3.05) is 5.73 Å². The number of halogens is 3. The number of nitrogens with two attached hydrogens (primary N) is 1. The third-order valence-electron chi connectivity index (χ3n) is 3.17. The number of nitrogens with zero attached hydrogens (tertiary/aromatic N) is 4. The molecule has 1 aromatic carbocycles. The van der Waals surface area contributed by atoms with Gasteiger partial charge in [0.1, 0.15) is 17.3 Å². The second kappa shape index (κ2) is 5.66. The van der Waals surface area contributed by atoms with Gasteiger partial charge in [0, 0.05) is 11.8 Å². The zero-order chi connectivity index (χ0) is 17.3. The summed E-state index contributed by atoms with van der Waals surface area (Å²) in [5.41, 5.74) is 3.98. The van der Waals surface area contributed by atoms with Gasteiger partial charge in [-0.2, -0.15) is 18.4 Å². The Bertz CT molecular complexity index is 929. The number of benzene rings is 1. The predicted octanol–water partition coefficient (Wildman–Crippen LogP) is 3.27. The van der Waals surface area contributed by atoms with Crippen molar-refractivity contribution < 1.29 is 17.7 Å². The van der Waals surface area contributed by atoms with E-state index in [2.05, 4.69) is 15.1 Å². The average molecular weight is 331 g/mol. The Hall–Kier alpha value is -3.41. The van der Waals surface area contributed by atoms with Gasteiger partial charge in [-0.05, 0) is 0 Å². The normalized spacial score (nSPS) is 11.2. The molecular weight excluding hydrogens is 323 g/mol. The van der Waals surface area contributed by atoms with Crippen LogP contribution in [0.1, 0.15) is 11.3 Å². The second-order valence-corrected chi connectivity index (χ2v) is 4.70. The average Bonchev–Trinajstić information content (AvgIpc) is 2.98. The summed E-state index contributed by atoms with van der Waals surface area (Å²) in [4.78, 5) is 6.78. The maximum absolute atomic E-state index is 13.2. The molecule has 0 radical (unpaired) electrons. The van der Waals surface area contributed by atoms with E-state index >= 15 is 0 Å². The number of hydrogen-bond acceptors (Lipinski definition) is 6. The van der Waals surface area contributed by atoms with Crippen molar-refractivity contribution in [1.82, 2.24) is 15.1 Å². The molecule has 2 aromatic heterocycles. The van der Waals surface area contributed by atoms with Crippen LogP contribution in [0.15, 0.2) is 41.1 Å². The Morgan fingerprint density at radius 2 is 1.88 bits per heavy atom. The lowest BCUT2D eigenvalue weighted by molar-refractivity contribution is -0.140. The van der Waals surface area contributed by atoms with E-state index in [1.807, 2.05) is 6.07 Å². The van der Waals surface area contributed by atoms with E-state index in [-0.39, 0.29) is 17.0 Å². The quantitative estimate of drug-likeness (QED) is 0.773. The summed E-state index contributed by atoms with van der Waals surface area (Å²) in [6.07, 6.45) is -3.93. The van der Waals surface area contributed by atoms with E-state index in [0.29, 0.717) is 5.56 Å². The van der Waals surface area contributed by atoms with Crippen molar-refractivity contribution in [3.63, 3.8) is 0 Å². The Morgan fingerprint density at radius 1 is 1.17 bits per heavy atom. The first-order valence-electron chi connectivity index (χ1n) is 6.57. The van der Waals surface area contributed by atoms with E-state index in [4.69, 9.17) is 10.3 Å². The van der Waals surface area contributed by atoms with Crippen LogP contribution in [0.5, 0.6) is 0 Å². The van der Waals surface area contributed by atoms with Crippen LogP contribution >= 0.6 is 0 Å². The van der Waals surface area contributed by atoms with Crippen LogP contribution in [-0.4, -0.2) is 15.1 Å². The molecule has 0 fully saturated rings. The smallest absolute Gasteiger partial charge is 0.368 e. The van der Waals surface area contributed by atoms with E-state index in [0.717, 1.165) is 6.20 Å². The Labute approximate surface area is 133 Å². The van der Waals surface area contributed by atoms with E-state index in [1.165, 1.54) is 0 Å². The van der Waals surface area contributed by atoms with Crippen LogP contribution in [0.25, 0.3) is 22.6 Å². The molecular formula is C15H8F3N5O. The van der Waals surface area contributed by atoms with Crippen LogP contribution in [0, 0.1) is 11.3 Å². The van der Waals surface area contributed by atoms with Gasteiger partial charge in [0.05, 0.1) is 5.56 Å². The molecule has 0 saturated carbocycles. The summed E-state index contributed by atoms with van der Waals surface area (Å²) < 4.78 is 44.6. The minimum absolute atomic E-state index is 0.137. The maximum Gasteiger partial charge on any atom is 0.434 e. The molecule has 9 heteroatoms. The monoisotopic (exact) mass is 331 g/mol. The van der Waals surface area contributed by atoms with E-state index in [1.54, 1.807) is 30.3 Å². The van der Waals surface area contributed by atoms with Gasteiger partial charge >= 0.3 is 6.18 Å². The highest BCUT2D eigenvalue weighted by molar-refractivity contribution is 5.77. The van der Waals surface area contributed by atoms with Gasteiger partial charge in [0.2, 0.25) is 5.95 Å². The second-order valence-electron chi connectivity index (χ2n) is 4.70. The number of rotatable bonds is 2. The third kappa shape index (κ3) is 2.65. The first-order valence-corrected chi connectivity index (χ1v) is 6.57. The Morgan fingerprint density at radius 3 is 2.50 bits per heavy atom. The van der Waals surface area contributed by atoms with Crippen molar-refractivity contribution in [3.05, 3.63) is 47.8 Å². The topological polar surface area (TPSA) is 102 Å². The molecule has 0 atom stereocenters. The molecule has 0 aliphatic heterocycles. The molecule has 3 rings (SSSR count). The highest BCUT2D eigenvalue weighted by Gasteiger charge is 2.38. The van der Waals surface area contributed by atoms with Crippen LogP contribution in [0.4, 0.5) is 19.1 Å². The first-order chi connectivity index (χ1) is 11.4. The summed E-state index contributed by atoms with van der Waals surface area (Å²) >= 11 is 0. The lowest BCUT2D eigenvalue weighted by Gasteiger charge is -2.09. The van der Waals surface area contributed by atoms with Crippen LogP contribution < -0.4 is 5.73 Å². The zero-order valence-corrected chi connectivity index (χ0v) is 11.9. The highest BCUT2D eigenvalue weighted by Crippen LogP contribution is 2.39. The van der Waals surface area contributed by atoms with Gasteiger partial charge in [-0.25, -0.2) is 9.97 Å². The molecule has 6 nitrogen and oxygen atoms in total. The molecule has 2 heterocycles. The number of alkyl halides is 3. The van der Waals surface area contributed by atoms with Gasteiger partial charge in [0.25, 0.3) is 0 Å². The fourth-order valence-electron chi connectivity index (χ4n) is 2.15. The number of hydrogen-bond donors (Lipinski definition) is 1. The van der Waals surface area contributed by atoms with Gasteiger partial charge in [0.15, 0.2) is 11.5 Å². The molecule has 0 bridgehead atoms. The predicted molar refractivity (Wildman–Crippen MR) is 77.1 cm³/mol. The van der Waals surface area contributed by atoms with E-state index in [9.17, 15) is 18.4 Å². The fourth-order valence-corrected chi connectivity index (χ4v) is 2.15. The summed E-state index contributed by atoms with van der Waals surface area (Å²) in [6, 6.07) is 10.3. The SMILES string of the molecule is N#Cc1c(-c2ccccc2)noc1-c1cnc(N)nc1C(F)(F)F. The molecule has 120 valence electrons. The van der Waals surface area contributed by atoms with Crippen LogP contribution in [-0.2, 0) is 6.18 Å². The summed E-state index contributed by atoms with van der Waals surface area (Å²) in [5.74, 6) is -0.893. The number of nitriles is 1. The minimum atomic E-state index is -4.79. The molecule has 2 N–H and O–H groups in total. The van der Waals surface area contributed by atoms with Crippen molar-refractivity contribution in [3.8, 4) is 28.7 Å². The van der Waals surface area contributed by atoms with Crippen LogP contribution in [0.3, 0.4) is 0 Å². The van der Waals surface area contributed by atoms with E-state index < -0.39 is 23.4 Å². The molecule has 24 heavy (non-hydrogen) atoms. The van der Waals surface area contributed by atoms with Gasteiger partial charge < -0.3 is 10.3 Å². The standard InChI is InChI=1S/C15H8F3N5O/c16-15(17,18)13-10(7-21-14(20)22-13)12-9(6-19)11(23-24-12)8-4-2-1-3-5-8/h1-5,7H,(H2,20,21,22). The minimum Gasteiger partial charge on any atom is -0.368 e. The largest absolute Gasteiger partial charge is 0.434 e. The number of nitrogen functional groups attached to an aromatic ring is 1. The number of aromatic nitrogens is 3. The van der Waals surface area contributed by atoms with Crippen molar-refractivity contribution in [1.29, 1.82) is 5.26 Å². The van der Waals surface area contributed by atoms with Gasteiger partial charge in [-0.1, -0.05) is 35.5 Å². The maximum atomic E-state index is 13.2. The molecule has 0 unspecified atom stereocenters.